The number of hydrogen-bond acceptors (Lipinski definition) is 10. The lowest BCUT2D eigenvalue weighted by Gasteiger charge is -2.54. The van der Waals surface area contributed by atoms with Gasteiger partial charge in [0.15, 0.2) is 6.29 Å². The van der Waals surface area contributed by atoms with Crippen molar-refractivity contribution in [3.05, 3.63) is 24.3 Å². The molecule has 4 fully saturated rings. The van der Waals surface area contributed by atoms with Crippen molar-refractivity contribution in [3.8, 4) is 0 Å². The lowest BCUT2D eigenvalue weighted by atomic mass is 9.54. The fraction of sp³-hybridized carbons (Fsp3) is 0.739. The topological polar surface area (TPSA) is 152 Å². The van der Waals surface area contributed by atoms with Crippen LogP contribution in [0.4, 0.5) is 0 Å². The summed E-state index contributed by atoms with van der Waals surface area (Å²) in [6.45, 7) is 10.8. The molecule has 33 heavy (non-hydrogen) atoms. The molecule has 2 saturated carbocycles. The van der Waals surface area contributed by atoms with Crippen LogP contribution in [0.3, 0.4) is 0 Å². The van der Waals surface area contributed by atoms with Crippen LogP contribution in [-0.4, -0.2) is 88.0 Å². The van der Waals surface area contributed by atoms with Gasteiger partial charge in [-0.15, -0.1) is 0 Å². The highest BCUT2D eigenvalue weighted by atomic mass is 16.7. The van der Waals surface area contributed by atoms with E-state index in [4.69, 9.17) is 18.9 Å². The van der Waals surface area contributed by atoms with E-state index in [0.29, 0.717) is 18.4 Å². The van der Waals surface area contributed by atoms with Crippen molar-refractivity contribution in [2.45, 2.75) is 82.1 Å². The van der Waals surface area contributed by atoms with Gasteiger partial charge in [0.25, 0.3) is 0 Å². The largest absolute Gasteiger partial charge is 0.463 e. The van der Waals surface area contributed by atoms with Crippen molar-refractivity contribution in [3.63, 3.8) is 0 Å². The summed E-state index contributed by atoms with van der Waals surface area (Å²) < 4.78 is 21.9. The lowest BCUT2D eigenvalue weighted by Crippen LogP contribution is -2.62. The van der Waals surface area contributed by atoms with E-state index in [1.165, 1.54) is 6.92 Å². The maximum Gasteiger partial charge on any atom is 0.334 e. The van der Waals surface area contributed by atoms with Crippen molar-refractivity contribution >= 4 is 11.9 Å². The molecule has 11 atom stereocenters. The first-order chi connectivity index (χ1) is 15.4. The van der Waals surface area contributed by atoms with Gasteiger partial charge >= 0.3 is 11.9 Å². The van der Waals surface area contributed by atoms with Gasteiger partial charge < -0.3 is 39.4 Å². The van der Waals surface area contributed by atoms with Gasteiger partial charge in [-0.1, -0.05) is 25.7 Å². The van der Waals surface area contributed by atoms with E-state index < -0.39 is 60.3 Å². The van der Waals surface area contributed by atoms with Gasteiger partial charge in [0, 0.05) is 23.8 Å². The zero-order valence-corrected chi connectivity index (χ0v) is 18.8. The first kappa shape index (κ1) is 24.3. The minimum Gasteiger partial charge on any atom is -0.463 e. The third kappa shape index (κ3) is 4.13. The summed E-state index contributed by atoms with van der Waals surface area (Å²) in [7, 11) is 0. The molecule has 4 aliphatic rings. The van der Waals surface area contributed by atoms with Crippen molar-refractivity contribution in [1.29, 1.82) is 0 Å². The molecule has 10 nitrogen and oxygen atoms in total. The molecule has 4 N–H and O–H groups in total. The Bertz CT molecular complexity index is 841. The molecule has 2 aliphatic carbocycles. The Morgan fingerprint density at radius 3 is 2.55 bits per heavy atom. The van der Waals surface area contributed by atoms with Gasteiger partial charge in [0.05, 0.1) is 12.2 Å². The molecule has 0 aromatic heterocycles. The van der Waals surface area contributed by atoms with Crippen molar-refractivity contribution < 1.29 is 49.0 Å². The number of rotatable bonds is 4. The average molecular weight is 468 g/mol. The third-order valence-corrected chi connectivity index (χ3v) is 7.76. The molecule has 11 unspecified atom stereocenters. The molecular formula is C23H32O10. The Balaban J connectivity index is 1.50. The Hall–Kier alpha value is -1.82. The maximum absolute atomic E-state index is 12.0. The van der Waals surface area contributed by atoms with Gasteiger partial charge in [0.2, 0.25) is 0 Å². The fourth-order valence-electron chi connectivity index (χ4n) is 5.81. The minimum absolute atomic E-state index is 0.0822. The zero-order valence-electron chi connectivity index (χ0n) is 18.8. The first-order valence-electron chi connectivity index (χ1n) is 11.2. The number of carbonyl (C=O) groups excluding carboxylic acids is 2. The van der Waals surface area contributed by atoms with Crippen LogP contribution < -0.4 is 0 Å². The minimum atomic E-state index is -1.60. The predicted molar refractivity (Wildman–Crippen MR) is 111 cm³/mol. The van der Waals surface area contributed by atoms with Crippen LogP contribution in [0.15, 0.2) is 24.3 Å². The molecule has 184 valence electrons. The van der Waals surface area contributed by atoms with Crippen molar-refractivity contribution in [2.75, 3.05) is 6.61 Å². The van der Waals surface area contributed by atoms with Crippen LogP contribution in [0, 0.1) is 17.3 Å². The van der Waals surface area contributed by atoms with Crippen molar-refractivity contribution in [2.24, 2.45) is 17.3 Å². The second kappa shape index (κ2) is 8.75. The molecule has 0 radical (unpaired) electrons. The molecule has 0 aromatic carbocycles. The highest BCUT2D eigenvalue weighted by Gasteiger charge is 2.59. The van der Waals surface area contributed by atoms with E-state index in [0.717, 1.165) is 5.57 Å². The molecule has 0 amide bonds. The number of aliphatic hydroxyl groups is 4. The summed E-state index contributed by atoms with van der Waals surface area (Å²) in [5.74, 6) is -1.20. The Morgan fingerprint density at radius 1 is 1.18 bits per heavy atom. The van der Waals surface area contributed by atoms with Gasteiger partial charge in [-0.05, 0) is 25.2 Å². The van der Waals surface area contributed by atoms with Crippen LogP contribution in [0.2, 0.25) is 0 Å². The monoisotopic (exact) mass is 468 g/mol. The van der Waals surface area contributed by atoms with E-state index in [1.54, 1.807) is 0 Å². The van der Waals surface area contributed by atoms with Gasteiger partial charge in [-0.3, -0.25) is 4.79 Å². The van der Waals surface area contributed by atoms with Gasteiger partial charge in [-0.2, -0.15) is 0 Å². The molecule has 2 aliphatic heterocycles. The number of hydrogen-bond donors (Lipinski definition) is 4. The summed E-state index contributed by atoms with van der Waals surface area (Å²) in [6.07, 6.45) is -8.13. The fourth-order valence-corrected chi connectivity index (χ4v) is 5.81. The molecule has 2 saturated heterocycles. The molecule has 4 rings (SSSR count). The summed E-state index contributed by atoms with van der Waals surface area (Å²) in [5, 5.41) is 42.2. The molecule has 2 heterocycles. The van der Waals surface area contributed by atoms with Crippen LogP contribution in [0.1, 0.15) is 33.1 Å². The van der Waals surface area contributed by atoms with E-state index in [2.05, 4.69) is 13.2 Å². The summed E-state index contributed by atoms with van der Waals surface area (Å²) >= 11 is 0. The summed E-state index contributed by atoms with van der Waals surface area (Å²) in [4.78, 5) is 23.1. The van der Waals surface area contributed by atoms with Crippen LogP contribution in [-0.2, 0) is 28.5 Å². The standard InChI is InChI=1S/C23H32O10/c1-9-5-14(32-22-19(27)18(26)17(25)16(33-22)8-30-11(3)24)20(28)23(4)7-15-12(6-13(9)23)10(2)21(29)31-15/h12-20,22,25-28H,1-2,5-8H2,3-4H3. The van der Waals surface area contributed by atoms with Gasteiger partial charge in [-0.25, -0.2) is 4.79 Å². The highest BCUT2D eigenvalue weighted by Crippen LogP contribution is 2.57. The lowest BCUT2D eigenvalue weighted by molar-refractivity contribution is -0.324. The number of ether oxygens (including phenoxy) is 4. The maximum atomic E-state index is 12.0. The van der Waals surface area contributed by atoms with Crippen LogP contribution >= 0.6 is 0 Å². The number of carbonyl (C=O) groups is 2. The second-order valence-corrected chi connectivity index (χ2v) is 9.87. The highest BCUT2D eigenvalue weighted by molar-refractivity contribution is 5.90. The summed E-state index contributed by atoms with van der Waals surface area (Å²) in [5.41, 5.74) is 0.578. The Labute approximate surface area is 191 Å². The smallest absolute Gasteiger partial charge is 0.334 e. The Kier molecular flexibility index (Phi) is 6.45. The zero-order chi connectivity index (χ0) is 24.2. The Morgan fingerprint density at radius 2 is 1.88 bits per heavy atom. The normalized spacial score (nSPS) is 47.5. The molecule has 0 bridgehead atoms. The van der Waals surface area contributed by atoms with E-state index in [1.807, 2.05) is 6.92 Å². The van der Waals surface area contributed by atoms with Crippen LogP contribution in [0.5, 0.6) is 0 Å². The quantitative estimate of drug-likeness (QED) is 0.185. The second-order valence-electron chi connectivity index (χ2n) is 9.87. The predicted octanol–water partition coefficient (Wildman–Crippen LogP) is -0.423. The SMILES string of the molecule is C=C1C(=O)OC2CC3(C)C(CC12)C(=C)CC(OC1OC(COC(C)=O)C(O)C(O)C1O)C3O. The van der Waals surface area contributed by atoms with Crippen molar-refractivity contribution in [1.82, 2.24) is 0 Å². The van der Waals surface area contributed by atoms with E-state index >= 15 is 0 Å². The van der Waals surface area contributed by atoms with E-state index in [-0.39, 0.29) is 31.0 Å². The van der Waals surface area contributed by atoms with Crippen LogP contribution in [0.25, 0.3) is 0 Å². The first-order valence-corrected chi connectivity index (χ1v) is 11.2. The number of esters is 2. The third-order valence-electron chi connectivity index (χ3n) is 7.76. The number of fused-ring (bicyclic) bond motifs is 2. The summed E-state index contributed by atoms with van der Waals surface area (Å²) in [6, 6.07) is 0. The van der Waals surface area contributed by atoms with E-state index in [9.17, 15) is 30.0 Å². The molecule has 10 heteroatoms. The molecule has 0 aromatic rings. The molecule has 0 spiro atoms. The average Bonchev–Trinajstić information content (AvgIpc) is 3.02. The van der Waals surface area contributed by atoms with Gasteiger partial charge in [0.1, 0.15) is 37.1 Å². The molecular weight excluding hydrogens is 436 g/mol. The number of aliphatic hydroxyl groups excluding tert-OH is 4.